The van der Waals surface area contributed by atoms with Crippen LogP contribution in [-0.4, -0.2) is 38.3 Å². The fourth-order valence-corrected chi connectivity index (χ4v) is 2.34. The highest BCUT2D eigenvalue weighted by Gasteiger charge is 2.37. The minimum Gasteiger partial charge on any atom is -0.378 e. The Balaban J connectivity index is 2.40. The Labute approximate surface area is 97.2 Å². The van der Waals surface area contributed by atoms with Crippen LogP contribution >= 0.6 is 0 Å². The predicted molar refractivity (Wildman–Crippen MR) is 65.4 cm³/mol. The second-order valence-electron chi connectivity index (χ2n) is 4.58. The third kappa shape index (κ3) is 1.86. The zero-order valence-electron chi connectivity index (χ0n) is 10.1. The molecule has 1 heterocycles. The standard InChI is InChI=1S/C13H20N2O/c1-11-4-3-5-12(8-11)13(9-14)10-16-7-6-15(13)2/h3-5,8H,6-7,9-10,14H2,1-2H3. The number of hydrogen-bond acceptors (Lipinski definition) is 3. The number of nitrogens with zero attached hydrogens (tertiary/aromatic N) is 1. The minimum absolute atomic E-state index is 0.149. The Kier molecular flexibility index (Phi) is 3.28. The van der Waals surface area contributed by atoms with E-state index in [0.717, 1.165) is 13.2 Å². The lowest BCUT2D eigenvalue weighted by molar-refractivity contribution is -0.0549. The van der Waals surface area contributed by atoms with Crippen LogP contribution in [0, 0.1) is 6.92 Å². The first-order valence-electron chi connectivity index (χ1n) is 5.75. The van der Waals surface area contributed by atoms with Crippen LogP contribution < -0.4 is 5.73 Å². The largest absolute Gasteiger partial charge is 0.378 e. The highest BCUT2D eigenvalue weighted by Crippen LogP contribution is 2.29. The molecule has 1 aliphatic heterocycles. The number of nitrogens with two attached hydrogens (primary N) is 1. The van der Waals surface area contributed by atoms with E-state index in [1.807, 2.05) is 0 Å². The molecule has 1 aromatic carbocycles. The summed E-state index contributed by atoms with van der Waals surface area (Å²) in [5.74, 6) is 0. The van der Waals surface area contributed by atoms with Crippen molar-refractivity contribution in [1.29, 1.82) is 0 Å². The fourth-order valence-electron chi connectivity index (χ4n) is 2.34. The summed E-state index contributed by atoms with van der Waals surface area (Å²) in [7, 11) is 2.12. The summed E-state index contributed by atoms with van der Waals surface area (Å²) in [6.45, 7) is 5.11. The van der Waals surface area contributed by atoms with Gasteiger partial charge in [0.05, 0.1) is 18.8 Å². The first-order chi connectivity index (χ1) is 7.69. The number of likely N-dealkylation sites (N-methyl/N-ethyl adjacent to an activating group) is 1. The average molecular weight is 220 g/mol. The van der Waals surface area contributed by atoms with Gasteiger partial charge in [-0.05, 0) is 19.5 Å². The van der Waals surface area contributed by atoms with Crippen molar-refractivity contribution in [2.24, 2.45) is 5.73 Å². The lowest BCUT2D eigenvalue weighted by Gasteiger charge is -2.44. The first kappa shape index (κ1) is 11.6. The number of rotatable bonds is 2. The van der Waals surface area contributed by atoms with Crippen molar-refractivity contribution in [3.8, 4) is 0 Å². The Morgan fingerprint density at radius 1 is 1.50 bits per heavy atom. The maximum absolute atomic E-state index is 5.99. The molecule has 0 saturated carbocycles. The Hall–Kier alpha value is -0.900. The van der Waals surface area contributed by atoms with E-state index in [4.69, 9.17) is 10.5 Å². The molecule has 0 aromatic heterocycles. The normalized spacial score (nSPS) is 26.9. The zero-order valence-corrected chi connectivity index (χ0v) is 10.1. The molecule has 1 saturated heterocycles. The summed E-state index contributed by atoms with van der Waals surface area (Å²) in [4.78, 5) is 2.31. The summed E-state index contributed by atoms with van der Waals surface area (Å²) in [5, 5.41) is 0. The second-order valence-corrected chi connectivity index (χ2v) is 4.58. The fraction of sp³-hybridized carbons (Fsp3) is 0.538. The molecule has 3 heteroatoms. The molecule has 0 radical (unpaired) electrons. The van der Waals surface area contributed by atoms with Crippen molar-refractivity contribution >= 4 is 0 Å². The Bertz CT molecular complexity index is 367. The number of morpholine rings is 1. The molecule has 16 heavy (non-hydrogen) atoms. The second kappa shape index (κ2) is 4.53. The van der Waals surface area contributed by atoms with E-state index in [0.29, 0.717) is 13.2 Å². The maximum Gasteiger partial charge on any atom is 0.0819 e. The van der Waals surface area contributed by atoms with Crippen molar-refractivity contribution in [3.63, 3.8) is 0 Å². The monoisotopic (exact) mass is 220 g/mol. The van der Waals surface area contributed by atoms with Gasteiger partial charge < -0.3 is 10.5 Å². The van der Waals surface area contributed by atoms with Gasteiger partial charge in [0.2, 0.25) is 0 Å². The van der Waals surface area contributed by atoms with E-state index in [-0.39, 0.29) is 5.54 Å². The van der Waals surface area contributed by atoms with Crippen LogP contribution in [-0.2, 0) is 10.3 Å². The Morgan fingerprint density at radius 3 is 2.94 bits per heavy atom. The number of ether oxygens (including phenoxy) is 1. The molecule has 1 unspecified atom stereocenters. The molecule has 1 fully saturated rings. The molecule has 2 N–H and O–H groups in total. The molecule has 88 valence electrons. The molecular formula is C13H20N2O. The third-order valence-corrected chi connectivity index (χ3v) is 3.54. The summed E-state index contributed by atoms with van der Waals surface area (Å²) < 4.78 is 5.62. The summed E-state index contributed by atoms with van der Waals surface area (Å²) >= 11 is 0. The average Bonchev–Trinajstić information content (AvgIpc) is 2.30. The number of hydrogen-bond donors (Lipinski definition) is 1. The van der Waals surface area contributed by atoms with Gasteiger partial charge in [-0.2, -0.15) is 0 Å². The van der Waals surface area contributed by atoms with Gasteiger partial charge in [0, 0.05) is 13.1 Å². The third-order valence-electron chi connectivity index (χ3n) is 3.54. The molecule has 1 aromatic rings. The lowest BCUT2D eigenvalue weighted by atomic mass is 9.87. The van der Waals surface area contributed by atoms with Crippen molar-refractivity contribution in [1.82, 2.24) is 4.90 Å². The topological polar surface area (TPSA) is 38.5 Å². The zero-order chi connectivity index (χ0) is 11.6. The SMILES string of the molecule is Cc1cccc(C2(CN)COCCN2C)c1. The van der Waals surface area contributed by atoms with E-state index in [9.17, 15) is 0 Å². The number of aryl methyl sites for hydroxylation is 1. The van der Waals surface area contributed by atoms with Crippen LogP contribution in [0.5, 0.6) is 0 Å². The highest BCUT2D eigenvalue weighted by molar-refractivity contribution is 5.30. The predicted octanol–water partition coefficient (Wildman–Crippen LogP) is 1.11. The van der Waals surface area contributed by atoms with Gasteiger partial charge in [-0.15, -0.1) is 0 Å². The van der Waals surface area contributed by atoms with Crippen LogP contribution in [0.4, 0.5) is 0 Å². The highest BCUT2D eigenvalue weighted by atomic mass is 16.5. The molecular weight excluding hydrogens is 200 g/mol. The van der Waals surface area contributed by atoms with Gasteiger partial charge in [-0.25, -0.2) is 0 Å². The molecule has 0 bridgehead atoms. The van der Waals surface area contributed by atoms with Crippen LogP contribution in [0.25, 0.3) is 0 Å². The summed E-state index contributed by atoms with van der Waals surface area (Å²) in [6, 6.07) is 8.55. The van der Waals surface area contributed by atoms with Crippen LogP contribution in [0.2, 0.25) is 0 Å². The molecule has 1 aliphatic rings. The van der Waals surface area contributed by atoms with Crippen LogP contribution in [0.15, 0.2) is 24.3 Å². The smallest absolute Gasteiger partial charge is 0.0819 e. The van der Waals surface area contributed by atoms with E-state index in [2.05, 4.69) is 43.1 Å². The van der Waals surface area contributed by atoms with Crippen molar-refractivity contribution in [2.75, 3.05) is 33.4 Å². The van der Waals surface area contributed by atoms with E-state index in [1.54, 1.807) is 0 Å². The van der Waals surface area contributed by atoms with Gasteiger partial charge >= 0.3 is 0 Å². The molecule has 3 nitrogen and oxygen atoms in total. The lowest BCUT2D eigenvalue weighted by Crippen LogP contribution is -2.56. The molecule has 0 aliphatic carbocycles. The molecule has 0 amide bonds. The van der Waals surface area contributed by atoms with E-state index in [1.165, 1.54) is 11.1 Å². The quantitative estimate of drug-likeness (QED) is 0.811. The van der Waals surface area contributed by atoms with Crippen LogP contribution in [0.3, 0.4) is 0 Å². The van der Waals surface area contributed by atoms with Crippen LogP contribution in [0.1, 0.15) is 11.1 Å². The van der Waals surface area contributed by atoms with Gasteiger partial charge in [-0.1, -0.05) is 29.8 Å². The minimum atomic E-state index is -0.149. The van der Waals surface area contributed by atoms with Crippen molar-refractivity contribution < 1.29 is 4.74 Å². The maximum atomic E-state index is 5.99. The van der Waals surface area contributed by atoms with Gasteiger partial charge in [0.25, 0.3) is 0 Å². The van der Waals surface area contributed by atoms with Crippen molar-refractivity contribution in [2.45, 2.75) is 12.5 Å². The molecule has 2 rings (SSSR count). The Morgan fingerprint density at radius 2 is 2.31 bits per heavy atom. The first-order valence-corrected chi connectivity index (χ1v) is 5.75. The molecule has 0 spiro atoms. The molecule has 1 atom stereocenters. The van der Waals surface area contributed by atoms with E-state index < -0.39 is 0 Å². The summed E-state index contributed by atoms with van der Waals surface area (Å²) in [6.07, 6.45) is 0. The number of benzene rings is 1. The van der Waals surface area contributed by atoms with Gasteiger partial charge in [-0.3, -0.25) is 4.90 Å². The summed E-state index contributed by atoms with van der Waals surface area (Å²) in [5.41, 5.74) is 8.37. The van der Waals surface area contributed by atoms with Gasteiger partial charge in [0.15, 0.2) is 0 Å². The van der Waals surface area contributed by atoms with Gasteiger partial charge in [0.1, 0.15) is 0 Å². The van der Waals surface area contributed by atoms with E-state index >= 15 is 0 Å². The van der Waals surface area contributed by atoms with Crippen molar-refractivity contribution in [3.05, 3.63) is 35.4 Å².